The number of rotatable bonds is 0. The lowest BCUT2D eigenvalue weighted by Gasteiger charge is -2.53. The number of thioether (sulfide) groups is 1. The van der Waals surface area contributed by atoms with Crippen molar-refractivity contribution in [2.45, 2.75) is 31.6 Å². The van der Waals surface area contributed by atoms with Gasteiger partial charge < -0.3 is 5.32 Å². The van der Waals surface area contributed by atoms with Crippen molar-refractivity contribution in [2.24, 2.45) is 5.41 Å². The van der Waals surface area contributed by atoms with E-state index in [9.17, 15) is 0 Å². The lowest BCUT2D eigenvalue weighted by molar-refractivity contribution is 0.0871. The lowest BCUT2D eigenvalue weighted by Crippen LogP contribution is -2.57. The van der Waals surface area contributed by atoms with E-state index in [1.54, 1.807) is 0 Å². The highest BCUT2D eigenvalue weighted by Gasteiger charge is 2.54. The first-order valence-electron chi connectivity index (χ1n) is 4.05. The normalized spacial score (nSPS) is 43.8. The first kappa shape index (κ1) is 6.99. The molecule has 0 radical (unpaired) electrons. The van der Waals surface area contributed by atoms with Gasteiger partial charge >= 0.3 is 0 Å². The molecule has 0 aromatic carbocycles. The molecule has 1 aliphatic heterocycles. The molecule has 0 aromatic heterocycles. The summed E-state index contributed by atoms with van der Waals surface area (Å²) in [6, 6.07) is 0. The molecule has 2 heteroatoms. The smallest absolute Gasteiger partial charge is 0.0697 e. The molecule has 0 aromatic rings. The van der Waals surface area contributed by atoms with Crippen molar-refractivity contribution >= 4 is 11.8 Å². The van der Waals surface area contributed by atoms with Gasteiger partial charge in [-0.2, -0.15) is 0 Å². The Morgan fingerprint density at radius 2 is 2.10 bits per heavy atom. The second-order valence-electron chi connectivity index (χ2n) is 3.99. The lowest BCUT2D eigenvalue weighted by atomic mass is 9.66. The van der Waals surface area contributed by atoms with Crippen LogP contribution in [0.5, 0.6) is 0 Å². The van der Waals surface area contributed by atoms with Gasteiger partial charge in [0.15, 0.2) is 0 Å². The maximum atomic E-state index is 3.62. The van der Waals surface area contributed by atoms with Gasteiger partial charge in [0, 0.05) is 12.3 Å². The van der Waals surface area contributed by atoms with E-state index in [1.807, 2.05) is 0 Å². The summed E-state index contributed by atoms with van der Waals surface area (Å²) in [4.78, 5) is 0.479. The van der Waals surface area contributed by atoms with E-state index >= 15 is 0 Å². The Bertz CT molecular complexity index is 147. The zero-order valence-corrected chi connectivity index (χ0v) is 7.55. The summed E-state index contributed by atoms with van der Waals surface area (Å²) in [7, 11) is 0. The predicted octanol–water partition coefficient (Wildman–Crippen LogP) is 1.84. The predicted molar refractivity (Wildman–Crippen MR) is 46.2 cm³/mol. The summed E-state index contributed by atoms with van der Waals surface area (Å²) in [6.07, 6.45) is 2.78. The molecule has 1 saturated carbocycles. The van der Waals surface area contributed by atoms with Crippen molar-refractivity contribution in [1.29, 1.82) is 0 Å². The molecule has 1 saturated heterocycles. The largest absolute Gasteiger partial charge is 0.302 e. The van der Waals surface area contributed by atoms with Crippen molar-refractivity contribution in [3.63, 3.8) is 0 Å². The molecule has 1 nitrogen and oxygen atoms in total. The minimum Gasteiger partial charge on any atom is -0.302 e. The van der Waals surface area contributed by atoms with Gasteiger partial charge in [-0.25, -0.2) is 0 Å². The fraction of sp³-hybridized carbons (Fsp3) is 1.00. The van der Waals surface area contributed by atoms with E-state index in [4.69, 9.17) is 0 Å². The molecular formula is C8H15NS. The Labute approximate surface area is 67.0 Å². The minimum absolute atomic E-state index is 0.479. The molecule has 10 heavy (non-hydrogen) atoms. The number of hydrogen-bond donors (Lipinski definition) is 1. The summed E-state index contributed by atoms with van der Waals surface area (Å²) < 4.78 is 0. The number of nitrogens with one attached hydrogen (secondary N) is 1. The third-order valence-corrected chi connectivity index (χ3v) is 4.86. The zero-order chi connectivity index (χ0) is 7.24. The molecule has 1 unspecified atom stereocenters. The Balaban J connectivity index is 2.15. The zero-order valence-electron chi connectivity index (χ0n) is 6.74. The fourth-order valence-corrected chi connectivity index (χ4v) is 3.47. The van der Waals surface area contributed by atoms with Gasteiger partial charge in [-0.3, -0.25) is 0 Å². The van der Waals surface area contributed by atoms with Crippen molar-refractivity contribution in [3.8, 4) is 0 Å². The maximum absolute atomic E-state index is 3.62. The van der Waals surface area contributed by atoms with Gasteiger partial charge in [0.05, 0.1) is 4.87 Å². The molecule has 58 valence electrons. The second-order valence-corrected chi connectivity index (χ2v) is 5.38. The standard InChI is InChI=1S/C8H15NS/c1-7(2)3-4-8(7)9-5-6-10-8/h9H,3-6H2,1-2H3. The Morgan fingerprint density at radius 1 is 1.30 bits per heavy atom. The third kappa shape index (κ3) is 0.693. The van der Waals surface area contributed by atoms with E-state index < -0.39 is 0 Å². The molecule has 2 rings (SSSR count). The molecular weight excluding hydrogens is 142 g/mol. The average molecular weight is 157 g/mol. The van der Waals surface area contributed by atoms with Crippen LogP contribution in [0.4, 0.5) is 0 Å². The van der Waals surface area contributed by atoms with Gasteiger partial charge in [0.2, 0.25) is 0 Å². The van der Waals surface area contributed by atoms with Crippen LogP contribution in [0.25, 0.3) is 0 Å². The Morgan fingerprint density at radius 3 is 2.30 bits per heavy atom. The van der Waals surface area contributed by atoms with E-state index in [2.05, 4.69) is 30.9 Å². The summed E-state index contributed by atoms with van der Waals surface area (Å²) in [5.41, 5.74) is 0.550. The van der Waals surface area contributed by atoms with Gasteiger partial charge in [-0.05, 0) is 18.3 Å². The molecule has 1 N–H and O–H groups in total. The topological polar surface area (TPSA) is 12.0 Å². The maximum Gasteiger partial charge on any atom is 0.0697 e. The SMILES string of the molecule is CC1(C)CCC12NCCS2. The molecule has 0 bridgehead atoms. The van der Waals surface area contributed by atoms with Crippen LogP contribution < -0.4 is 5.32 Å². The van der Waals surface area contributed by atoms with Crippen molar-refractivity contribution in [2.75, 3.05) is 12.3 Å². The fourth-order valence-electron chi connectivity index (χ4n) is 1.98. The Hall–Kier alpha value is 0.310. The van der Waals surface area contributed by atoms with Crippen molar-refractivity contribution < 1.29 is 0 Å². The summed E-state index contributed by atoms with van der Waals surface area (Å²) >= 11 is 2.13. The monoisotopic (exact) mass is 157 g/mol. The van der Waals surface area contributed by atoms with Crippen LogP contribution in [-0.4, -0.2) is 17.2 Å². The Kier molecular flexibility index (Phi) is 1.34. The van der Waals surface area contributed by atoms with Gasteiger partial charge in [0.1, 0.15) is 0 Å². The first-order valence-corrected chi connectivity index (χ1v) is 5.04. The van der Waals surface area contributed by atoms with Crippen LogP contribution in [0.2, 0.25) is 0 Å². The molecule has 2 fully saturated rings. The third-order valence-electron chi connectivity index (χ3n) is 3.06. The summed E-state index contributed by atoms with van der Waals surface area (Å²) in [5.74, 6) is 1.31. The van der Waals surface area contributed by atoms with Gasteiger partial charge in [-0.15, -0.1) is 11.8 Å². The number of hydrogen-bond acceptors (Lipinski definition) is 2. The van der Waals surface area contributed by atoms with Crippen LogP contribution >= 0.6 is 11.8 Å². The van der Waals surface area contributed by atoms with Crippen LogP contribution in [0, 0.1) is 5.41 Å². The molecule has 2 aliphatic rings. The van der Waals surface area contributed by atoms with Crippen LogP contribution in [0.1, 0.15) is 26.7 Å². The van der Waals surface area contributed by atoms with Crippen LogP contribution in [-0.2, 0) is 0 Å². The summed E-state index contributed by atoms with van der Waals surface area (Å²) in [5, 5.41) is 3.62. The first-order chi connectivity index (χ1) is 4.66. The van der Waals surface area contributed by atoms with E-state index in [0.717, 1.165) is 0 Å². The molecule has 1 spiro atoms. The van der Waals surface area contributed by atoms with E-state index in [0.29, 0.717) is 10.3 Å². The van der Waals surface area contributed by atoms with Crippen LogP contribution in [0.15, 0.2) is 0 Å². The molecule has 1 heterocycles. The molecule has 0 amide bonds. The highest BCUT2D eigenvalue weighted by molar-refractivity contribution is 8.01. The van der Waals surface area contributed by atoms with Crippen molar-refractivity contribution in [3.05, 3.63) is 0 Å². The minimum atomic E-state index is 0.479. The van der Waals surface area contributed by atoms with Crippen molar-refractivity contribution in [1.82, 2.24) is 5.32 Å². The molecule has 1 aliphatic carbocycles. The van der Waals surface area contributed by atoms with E-state index in [-0.39, 0.29) is 0 Å². The molecule has 1 atom stereocenters. The van der Waals surface area contributed by atoms with Crippen LogP contribution in [0.3, 0.4) is 0 Å². The van der Waals surface area contributed by atoms with Gasteiger partial charge in [-0.1, -0.05) is 13.8 Å². The average Bonchev–Trinajstić information content (AvgIpc) is 2.34. The highest BCUT2D eigenvalue weighted by atomic mass is 32.2. The summed E-state index contributed by atoms with van der Waals surface area (Å²) in [6.45, 7) is 5.97. The quantitative estimate of drug-likeness (QED) is 0.576. The second kappa shape index (κ2) is 1.92. The highest BCUT2D eigenvalue weighted by Crippen LogP contribution is 2.57. The van der Waals surface area contributed by atoms with E-state index in [1.165, 1.54) is 25.1 Å². The van der Waals surface area contributed by atoms with Gasteiger partial charge in [0.25, 0.3) is 0 Å².